The fraction of sp³-hybridized carbons (Fsp3) is 0.320. The summed E-state index contributed by atoms with van der Waals surface area (Å²) < 4.78 is 20.3. The third kappa shape index (κ3) is 4.21. The van der Waals surface area contributed by atoms with Gasteiger partial charge in [-0.3, -0.25) is 9.59 Å². The molecule has 1 aliphatic heterocycles. The fourth-order valence-corrected chi connectivity index (χ4v) is 4.81. The van der Waals surface area contributed by atoms with Crippen molar-refractivity contribution in [3.05, 3.63) is 58.9 Å². The molecule has 1 saturated heterocycles. The Morgan fingerprint density at radius 3 is 2.35 bits per heavy atom. The van der Waals surface area contributed by atoms with Gasteiger partial charge in [-0.25, -0.2) is 9.18 Å². The fourth-order valence-electron chi connectivity index (χ4n) is 4.81. The number of benzene rings is 2. The van der Waals surface area contributed by atoms with Gasteiger partial charge in [0.15, 0.2) is 0 Å². The number of carbonyl (C=O) groups excluding carboxylic acids is 2. The van der Waals surface area contributed by atoms with Crippen molar-refractivity contribution in [2.24, 2.45) is 18.7 Å². The van der Waals surface area contributed by atoms with Crippen molar-refractivity contribution in [2.45, 2.75) is 19.3 Å². The van der Waals surface area contributed by atoms with Crippen LogP contribution in [-0.4, -0.2) is 47.5 Å². The number of halogens is 1. The second-order valence-electron chi connectivity index (χ2n) is 8.59. The number of aliphatic carboxylic acids is 1. The summed E-state index contributed by atoms with van der Waals surface area (Å²) in [5.74, 6) is -2.49. The third-order valence-electron chi connectivity index (χ3n) is 6.53. The molecule has 9 heteroatoms. The lowest BCUT2D eigenvalue weighted by Gasteiger charge is -2.34. The minimum Gasteiger partial charge on any atom is -0.496 e. The minimum absolute atomic E-state index is 0.0344. The number of hydrogen-bond donors (Lipinski definition) is 2. The first kappa shape index (κ1) is 23.3. The number of piperidine rings is 1. The number of carbonyl (C=O) groups is 3. The van der Waals surface area contributed by atoms with Gasteiger partial charge in [0, 0.05) is 31.6 Å². The molecule has 1 amide bonds. The first-order chi connectivity index (χ1) is 16.2. The van der Waals surface area contributed by atoms with Crippen LogP contribution in [0.15, 0.2) is 36.4 Å². The second kappa shape index (κ2) is 9.17. The van der Waals surface area contributed by atoms with E-state index in [9.17, 15) is 23.9 Å². The maximum absolute atomic E-state index is 13.2. The smallest absolute Gasteiger partial charge is 0.377 e. The maximum Gasteiger partial charge on any atom is 0.377 e. The topological polar surface area (TPSA) is 115 Å². The molecule has 0 bridgehead atoms. The molecular formula is C25H26FN3O5. The highest BCUT2D eigenvalue weighted by Crippen LogP contribution is 2.38. The number of Topliss-reactive ketones (excluding diaryl/α,β-unsaturated/α-hetero) is 1. The molecule has 1 aromatic heterocycles. The van der Waals surface area contributed by atoms with Gasteiger partial charge >= 0.3 is 5.97 Å². The number of fused-ring (bicyclic) bond motifs is 1. The number of ketones is 1. The molecule has 3 N–H and O–H groups in total. The molecule has 2 aromatic carbocycles. The zero-order valence-electron chi connectivity index (χ0n) is 19.0. The lowest BCUT2D eigenvalue weighted by Crippen LogP contribution is -2.36. The Hall–Kier alpha value is -3.88. The highest BCUT2D eigenvalue weighted by Gasteiger charge is 2.32. The number of rotatable bonds is 7. The average molecular weight is 467 g/mol. The molecule has 8 nitrogen and oxygen atoms in total. The van der Waals surface area contributed by atoms with Gasteiger partial charge in [-0.05, 0) is 48.9 Å². The number of aryl methyl sites for hydroxylation is 1. The number of anilines is 1. The van der Waals surface area contributed by atoms with Crippen molar-refractivity contribution in [3.63, 3.8) is 0 Å². The van der Waals surface area contributed by atoms with Gasteiger partial charge < -0.3 is 25.0 Å². The summed E-state index contributed by atoms with van der Waals surface area (Å²) in [6, 6.07) is 9.52. The second-order valence-corrected chi connectivity index (χ2v) is 8.59. The van der Waals surface area contributed by atoms with Crippen LogP contribution in [0.2, 0.25) is 0 Å². The van der Waals surface area contributed by atoms with E-state index >= 15 is 0 Å². The van der Waals surface area contributed by atoms with Crippen LogP contribution in [0.4, 0.5) is 10.2 Å². The Morgan fingerprint density at radius 1 is 1.15 bits per heavy atom. The van der Waals surface area contributed by atoms with Crippen LogP contribution >= 0.6 is 0 Å². The molecule has 1 aliphatic rings. The predicted molar refractivity (Wildman–Crippen MR) is 125 cm³/mol. The summed E-state index contributed by atoms with van der Waals surface area (Å²) in [5, 5.41) is 9.85. The van der Waals surface area contributed by atoms with E-state index in [1.54, 1.807) is 29.8 Å². The number of ether oxygens (including phenoxy) is 1. The number of nitrogens with two attached hydrogens (primary N) is 1. The van der Waals surface area contributed by atoms with Crippen molar-refractivity contribution in [3.8, 4) is 5.75 Å². The van der Waals surface area contributed by atoms with Crippen molar-refractivity contribution in [2.75, 3.05) is 25.1 Å². The monoisotopic (exact) mass is 467 g/mol. The number of nitrogens with zero attached hydrogens (tertiary/aromatic N) is 2. The van der Waals surface area contributed by atoms with E-state index in [-0.39, 0.29) is 22.7 Å². The summed E-state index contributed by atoms with van der Waals surface area (Å²) >= 11 is 0. The molecule has 2 heterocycles. The van der Waals surface area contributed by atoms with Crippen molar-refractivity contribution >= 4 is 34.4 Å². The van der Waals surface area contributed by atoms with E-state index < -0.39 is 17.7 Å². The SMILES string of the molecule is COc1cc2c(cc1C(N)=O)c(C(=O)C(=O)O)c(N1CCC(Cc3ccc(F)cc3)CC1)n2C. The van der Waals surface area contributed by atoms with Crippen LogP contribution in [0, 0.1) is 11.7 Å². The Bertz CT molecular complexity index is 1270. The van der Waals surface area contributed by atoms with Gasteiger partial charge in [0.1, 0.15) is 17.4 Å². The minimum atomic E-state index is -1.57. The number of amides is 1. The molecule has 0 saturated carbocycles. The molecule has 0 unspecified atom stereocenters. The van der Waals surface area contributed by atoms with Gasteiger partial charge in [0.05, 0.1) is 23.8 Å². The lowest BCUT2D eigenvalue weighted by molar-refractivity contribution is -0.131. The molecule has 0 atom stereocenters. The van der Waals surface area contributed by atoms with Crippen molar-refractivity contribution < 1.29 is 28.6 Å². The molecule has 4 rings (SSSR count). The van der Waals surface area contributed by atoms with E-state index in [1.807, 2.05) is 4.90 Å². The van der Waals surface area contributed by atoms with Crippen LogP contribution < -0.4 is 15.4 Å². The molecule has 34 heavy (non-hydrogen) atoms. The Morgan fingerprint density at radius 2 is 1.79 bits per heavy atom. The molecule has 0 spiro atoms. The van der Waals surface area contributed by atoms with Crippen LogP contribution in [0.3, 0.4) is 0 Å². The van der Waals surface area contributed by atoms with Crippen LogP contribution in [-0.2, 0) is 18.3 Å². The molecule has 0 aliphatic carbocycles. The zero-order valence-corrected chi connectivity index (χ0v) is 19.0. The van der Waals surface area contributed by atoms with Crippen LogP contribution in [0.25, 0.3) is 10.9 Å². The summed E-state index contributed by atoms with van der Waals surface area (Å²) in [7, 11) is 3.16. The summed E-state index contributed by atoms with van der Waals surface area (Å²) in [6.07, 6.45) is 2.48. The maximum atomic E-state index is 13.2. The lowest BCUT2D eigenvalue weighted by atomic mass is 9.90. The third-order valence-corrected chi connectivity index (χ3v) is 6.53. The van der Waals surface area contributed by atoms with Crippen molar-refractivity contribution in [1.82, 2.24) is 4.57 Å². The molecule has 1 fully saturated rings. The quantitative estimate of drug-likeness (QED) is 0.408. The summed E-state index contributed by atoms with van der Waals surface area (Å²) in [4.78, 5) is 38.4. The predicted octanol–water partition coefficient (Wildman–Crippen LogP) is 3.15. The average Bonchev–Trinajstić information content (AvgIpc) is 3.11. The Labute approximate surface area is 195 Å². The first-order valence-corrected chi connectivity index (χ1v) is 11.0. The van der Waals surface area contributed by atoms with Gasteiger partial charge in [-0.1, -0.05) is 12.1 Å². The number of carboxylic acid groups (broad SMARTS) is 1. The van der Waals surface area contributed by atoms with E-state index in [1.165, 1.54) is 25.3 Å². The van der Waals surface area contributed by atoms with E-state index in [0.29, 0.717) is 35.7 Å². The molecule has 3 aromatic rings. The number of carboxylic acids is 1. The summed E-state index contributed by atoms with van der Waals surface area (Å²) in [6.45, 7) is 1.24. The highest BCUT2D eigenvalue weighted by molar-refractivity contribution is 6.44. The van der Waals surface area contributed by atoms with Crippen molar-refractivity contribution in [1.29, 1.82) is 0 Å². The van der Waals surface area contributed by atoms with Crippen LogP contribution in [0.5, 0.6) is 5.75 Å². The van der Waals surface area contributed by atoms with Gasteiger partial charge in [0.2, 0.25) is 0 Å². The van der Waals surface area contributed by atoms with Gasteiger partial charge in [0.25, 0.3) is 11.7 Å². The largest absolute Gasteiger partial charge is 0.496 e. The zero-order chi connectivity index (χ0) is 24.6. The number of primary amides is 1. The normalized spacial score (nSPS) is 14.4. The standard InChI is InChI=1S/C25H26FN3O5/c1-28-19-13-20(34-2)18(23(27)31)12-17(19)21(22(30)25(32)33)24(28)29-9-7-15(8-10-29)11-14-3-5-16(26)6-4-14/h3-6,12-13,15H,7-11H2,1-2H3,(H2,27,31)(H,32,33). The molecule has 0 radical (unpaired) electrons. The van der Waals surface area contributed by atoms with E-state index in [0.717, 1.165) is 24.8 Å². The molecular weight excluding hydrogens is 441 g/mol. The first-order valence-electron chi connectivity index (χ1n) is 11.0. The number of hydrogen-bond acceptors (Lipinski definition) is 5. The number of methoxy groups -OCH3 is 1. The van der Waals surface area contributed by atoms with Gasteiger partial charge in [-0.15, -0.1) is 0 Å². The van der Waals surface area contributed by atoms with E-state index in [2.05, 4.69) is 0 Å². The summed E-state index contributed by atoms with van der Waals surface area (Å²) in [5.41, 5.74) is 7.22. The number of aromatic nitrogens is 1. The Kier molecular flexibility index (Phi) is 6.28. The van der Waals surface area contributed by atoms with Gasteiger partial charge in [-0.2, -0.15) is 0 Å². The van der Waals surface area contributed by atoms with E-state index in [4.69, 9.17) is 10.5 Å². The highest BCUT2D eigenvalue weighted by atomic mass is 19.1. The van der Waals surface area contributed by atoms with Crippen LogP contribution in [0.1, 0.15) is 39.1 Å². The Balaban J connectivity index is 1.70. The molecule has 178 valence electrons.